The number of hydrogen-bond acceptors (Lipinski definition) is 3. The highest BCUT2D eigenvalue weighted by Crippen LogP contribution is 2.27. The average Bonchev–Trinajstić information content (AvgIpc) is 2.77. The summed E-state index contributed by atoms with van der Waals surface area (Å²) in [4.78, 5) is 11.8. The van der Waals surface area contributed by atoms with E-state index in [1.165, 1.54) is 19.3 Å². The molecular weight excluding hydrogens is 216 g/mol. The van der Waals surface area contributed by atoms with Crippen molar-refractivity contribution in [3.05, 3.63) is 0 Å². The van der Waals surface area contributed by atoms with Crippen molar-refractivity contribution in [3.8, 4) is 0 Å². The molecule has 0 aromatic heterocycles. The van der Waals surface area contributed by atoms with E-state index >= 15 is 0 Å². The number of carbonyl (C=O) groups excluding carboxylic acids is 1. The normalized spacial score (nSPS) is 30.2. The maximum atomic E-state index is 11.8. The molecule has 2 atom stereocenters. The highest BCUT2D eigenvalue weighted by molar-refractivity contribution is 5.67. The number of nitrogens with one attached hydrogen (secondary N) is 1. The summed E-state index contributed by atoms with van der Waals surface area (Å²) in [5.74, 6) is 0.368. The molecule has 4 heteroatoms. The van der Waals surface area contributed by atoms with Gasteiger partial charge in [0, 0.05) is 12.0 Å². The standard InChI is InChI=1S/C13H24N2O2/c14-9-10-5-4-8-12(10)17-13(16)15-11-6-2-1-3-7-11/h10-12H,1-9,14H2,(H,15,16). The van der Waals surface area contributed by atoms with Gasteiger partial charge in [0.2, 0.25) is 0 Å². The maximum Gasteiger partial charge on any atom is 0.407 e. The Bertz CT molecular complexity index is 252. The van der Waals surface area contributed by atoms with Crippen LogP contribution in [0.5, 0.6) is 0 Å². The van der Waals surface area contributed by atoms with E-state index in [2.05, 4.69) is 5.32 Å². The molecule has 3 N–H and O–H groups in total. The van der Waals surface area contributed by atoms with Gasteiger partial charge in [-0.2, -0.15) is 0 Å². The first-order valence-electron chi connectivity index (χ1n) is 6.97. The average molecular weight is 240 g/mol. The van der Waals surface area contributed by atoms with Gasteiger partial charge in [0.05, 0.1) is 0 Å². The van der Waals surface area contributed by atoms with Crippen molar-refractivity contribution < 1.29 is 9.53 Å². The molecule has 4 nitrogen and oxygen atoms in total. The van der Waals surface area contributed by atoms with E-state index < -0.39 is 0 Å². The van der Waals surface area contributed by atoms with Crippen LogP contribution >= 0.6 is 0 Å². The van der Waals surface area contributed by atoms with E-state index in [1.807, 2.05) is 0 Å². The zero-order valence-electron chi connectivity index (χ0n) is 10.5. The molecule has 0 saturated heterocycles. The minimum Gasteiger partial charge on any atom is -0.446 e. The SMILES string of the molecule is NCC1CCCC1OC(=O)NC1CCCCC1. The van der Waals surface area contributed by atoms with Crippen LogP contribution < -0.4 is 11.1 Å². The summed E-state index contributed by atoms with van der Waals surface area (Å²) in [7, 11) is 0. The smallest absolute Gasteiger partial charge is 0.407 e. The Morgan fingerprint density at radius 3 is 2.59 bits per heavy atom. The molecule has 2 unspecified atom stereocenters. The molecule has 0 aromatic rings. The molecule has 98 valence electrons. The van der Waals surface area contributed by atoms with Gasteiger partial charge < -0.3 is 15.8 Å². The van der Waals surface area contributed by atoms with Crippen LogP contribution in [0.1, 0.15) is 51.4 Å². The summed E-state index contributed by atoms with van der Waals surface area (Å²) in [6.45, 7) is 0.626. The van der Waals surface area contributed by atoms with Crippen molar-refractivity contribution in [3.63, 3.8) is 0 Å². The molecule has 0 heterocycles. The van der Waals surface area contributed by atoms with Gasteiger partial charge >= 0.3 is 6.09 Å². The number of rotatable bonds is 3. The van der Waals surface area contributed by atoms with Gasteiger partial charge in [-0.25, -0.2) is 4.79 Å². The van der Waals surface area contributed by atoms with E-state index in [0.717, 1.165) is 32.1 Å². The summed E-state index contributed by atoms with van der Waals surface area (Å²) in [6.07, 6.45) is 8.94. The number of carbonyl (C=O) groups is 1. The van der Waals surface area contributed by atoms with Crippen LogP contribution in [0.25, 0.3) is 0 Å². The molecule has 1 amide bonds. The molecular formula is C13H24N2O2. The Labute approximate surface area is 103 Å². The van der Waals surface area contributed by atoms with Crippen LogP contribution in [0, 0.1) is 5.92 Å². The summed E-state index contributed by atoms with van der Waals surface area (Å²) in [5.41, 5.74) is 5.67. The number of ether oxygens (including phenoxy) is 1. The second-order valence-electron chi connectivity index (χ2n) is 5.35. The van der Waals surface area contributed by atoms with Crippen molar-refractivity contribution in [2.45, 2.75) is 63.5 Å². The lowest BCUT2D eigenvalue weighted by Gasteiger charge is -2.24. The molecule has 2 aliphatic carbocycles. The second kappa shape index (κ2) is 6.24. The van der Waals surface area contributed by atoms with Gasteiger partial charge in [0.15, 0.2) is 0 Å². The first-order valence-corrected chi connectivity index (χ1v) is 6.97. The first-order chi connectivity index (χ1) is 8.29. The van der Waals surface area contributed by atoms with Gasteiger partial charge in [-0.1, -0.05) is 19.3 Å². The minimum atomic E-state index is -0.234. The molecule has 2 aliphatic rings. The molecule has 0 aromatic carbocycles. The fraction of sp³-hybridized carbons (Fsp3) is 0.923. The van der Waals surface area contributed by atoms with Gasteiger partial charge in [0.25, 0.3) is 0 Å². The lowest BCUT2D eigenvalue weighted by Crippen LogP contribution is -2.39. The highest BCUT2D eigenvalue weighted by Gasteiger charge is 2.29. The lowest BCUT2D eigenvalue weighted by atomic mass is 9.96. The van der Waals surface area contributed by atoms with Crippen LogP contribution in [0.4, 0.5) is 4.79 Å². The van der Waals surface area contributed by atoms with Gasteiger partial charge in [0.1, 0.15) is 6.10 Å². The third kappa shape index (κ3) is 3.60. The van der Waals surface area contributed by atoms with Crippen molar-refractivity contribution in [1.29, 1.82) is 0 Å². The van der Waals surface area contributed by atoms with E-state index in [-0.39, 0.29) is 12.2 Å². The first kappa shape index (κ1) is 12.7. The number of nitrogens with two attached hydrogens (primary N) is 1. The van der Waals surface area contributed by atoms with E-state index in [1.54, 1.807) is 0 Å². The van der Waals surface area contributed by atoms with Gasteiger partial charge in [-0.3, -0.25) is 0 Å². The fourth-order valence-electron chi connectivity index (χ4n) is 3.01. The molecule has 2 saturated carbocycles. The van der Waals surface area contributed by atoms with Crippen molar-refractivity contribution >= 4 is 6.09 Å². The topological polar surface area (TPSA) is 64.3 Å². The number of amides is 1. The summed E-state index contributed by atoms with van der Waals surface area (Å²) in [5, 5.41) is 2.99. The predicted molar refractivity (Wildman–Crippen MR) is 66.7 cm³/mol. The molecule has 0 aliphatic heterocycles. The van der Waals surface area contributed by atoms with Crippen molar-refractivity contribution in [2.24, 2.45) is 11.7 Å². The Kier molecular flexibility index (Phi) is 4.66. The fourth-order valence-corrected chi connectivity index (χ4v) is 3.01. The van der Waals surface area contributed by atoms with Crippen LogP contribution in [-0.2, 0) is 4.74 Å². The van der Waals surface area contributed by atoms with Gasteiger partial charge in [-0.05, 0) is 38.6 Å². The van der Waals surface area contributed by atoms with Crippen molar-refractivity contribution in [1.82, 2.24) is 5.32 Å². The zero-order valence-corrected chi connectivity index (χ0v) is 10.5. The predicted octanol–water partition coefficient (Wildman–Crippen LogP) is 2.17. The monoisotopic (exact) mass is 240 g/mol. The summed E-state index contributed by atoms with van der Waals surface area (Å²) < 4.78 is 5.49. The Morgan fingerprint density at radius 2 is 1.88 bits per heavy atom. The molecule has 0 radical (unpaired) electrons. The molecule has 2 rings (SSSR count). The quantitative estimate of drug-likeness (QED) is 0.794. The van der Waals surface area contributed by atoms with Crippen LogP contribution in [0.2, 0.25) is 0 Å². The Morgan fingerprint density at radius 1 is 1.12 bits per heavy atom. The zero-order chi connectivity index (χ0) is 12.1. The van der Waals surface area contributed by atoms with Gasteiger partial charge in [-0.15, -0.1) is 0 Å². The summed E-state index contributed by atoms with van der Waals surface area (Å²) in [6, 6.07) is 0.328. The third-order valence-electron chi connectivity index (χ3n) is 4.08. The molecule has 2 fully saturated rings. The third-order valence-corrected chi connectivity index (χ3v) is 4.08. The maximum absolute atomic E-state index is 11.8. The largest absolute Gasteiger partial charge is 0.446 e. The minimum absolute atomic E-state index is 0.0450. The highest BCUT2D eigenvalue weighted by atomic mass is 16.6. The van der Waals surface area contributed by atoms with Crippen LogP contribution in [0.15, 0.2) is 0 Å². The molecule has 0 bridgehead atoms. The second-order valence-corrected chi connectivity index (χ2v) is 5.35. The summed E-state index contributed by atoms with van der Waals surface area (Å²) >= 11 is 0. The van der Waals surface area contributed by atoms with Crippen molar-refractivity contribution in [2.75, 3.05) is 6.54 Å². The van der Waals surface area contributed by atoms with E-state index in [0.29, 0.717) is 18.5 Å². The van der Waals surface area contributed by atoms with E-state index in [9.17, 15) is 4.79 Å². The van der Waals surface area contributed by atoms with Crippen LogP contribution in [-0.4, -0.2) is 24.8 Å². The van der Waals surface area contributed by atoms with E-state index in [4.69, 9.17) is 10.5 Å². The number of hydrogen-bond donors (Lipinski definition) is 2. The molecule has 0 spiro atoms. The Hall–Kier alpha value is -0.770. The van der Waals surface area contributed by atoms with Crippen LogP contribution in [0.3, 0.4) is 0 Å². The number of alkyl carbamates (subject to hydrolysis) is 1. The molecule has 17 heavy (non-hydrogen) atoms. The lowest BCUT2D eigenvalue weighted by molar-refractivity contribution is 0.0737. The Balaban J connectivity index is 1.72.